The fraction of sp³-hybridized carbons (Fsp3) is 0.394. The first-order valence-corrected chi connectivity index (χ1v) is 16.8. The Balaban J connectivity index is 0.000000223. The minimum Gasteiger partial charge on any atom is -0.486 e. The van der Waals surface area contributed by atoms with Gasteiger partial charge in [0.05, 0.1) is 12.8 Å². The van der Waals surface area contributed by atoms with Gasteiger partial charge < -0.3 is 15.2 Å². The second-order valence-corrected chi connectivity index (χ2v) is 12.6. The SMILES string of the molecule is CC.COC(=O)c1nc(C#CCCN)ccc1OCC1=CCCC=C1.Clc1ccc2c(c1)I=C1CCCCCC1=N2. The Labute approximate surface area is 259 Å². The molecule has 1 aromatic heterocycles. The van der Waals surface area contributed by atoms with Crippen molar-refractivity contribution in [2.75, 3.05) is 20.3 Å². The number of carbonyl (C=O) groups excluding carboxylic acids is 1. The second-order valence-electron chi connectivity index (χ2n) is 9.14. The number of ether oxygens (including phenoxy) is 2. The molecule has 2 heterocycles. The van der Waals surface area contributed by atoms with E-state index in [1.54, 1.807) is 15.6 Å². The molecule has 0 bridgehead atoms. The average molecular weight is 688 g/mol. The minimum atomic E-state index is -0.546. The first-order chi connectivity index (χ1) is 20.1. The molecule has 8 heteroatoms. The van der Waals surface area contributed by atoms with Gasteiger partial charge in [0.1, 0.15) is 12.3 Å². The van der Waals surface area contributed by atoms with E-state index in [1.165, 1.54) is 54.2 Å². The number of allylic oxidation sites excluding steroid dienone is 2. The number of methoxy groups -OCH3 is 1. The Morgan fingerprint density at radius 3 is 2.71 bits per heavy atom. The summed E-state index contributed by atoms with van der Waals surface area (Å²) in [6, 6.07) is 9.56. The van der Waals surface area contributed by atoms with Crippen LogP contribution in [0.15, 0.2) is 59.1 Å². The number of nitrogens with zero attached hydrogens (tertiary/aromatic N) is 2. The summed E-state index contributed by atoms with van der Waals surface area (Å²) >= 11 is 6.04. The van der Waals surface area contributed by atoms with E-state index in [0.29, 0.717) is 31.0 Å². The van der Waals surface area contributed by atoms with Crippen LogP contribution >= 0.6 is 32.3 Å². The number of esters is 1. The summed E-state index contributed by atoms with van der Waals surface area (Å²) in [5, 5.41) is 0.853. The lowest BCUT2D eigenvalue weighted by Crippen LogP contribution is -2.12. The molecule has 3 aliphatic rings. The van der Waals surface area contributed by atoms with Gasteiger partial charge in [-0.2, -0.15) is 0 Å². The van der Waals surface area contributed by atoms with Crippen molar-refractivity contribution in [2.24, 2.45) is 10.7 Å². The van der Waals surface area contributed by atoms with Crippen molar-refractivity contribution in [2.45, 2.75) is 65.2 Å². The fourth-order valence-corrected chi connectivity index (χ4v) is 7.68. The van der Waals surface area contributed by atoms with Gasteiger partial charge in [-0.15, -0.1) is 0 Å². The zero-order chi connectivity index (χ0) is 29.5. The third-order valence-electron chi connectivity index (χ3n) is 6.19. The number of hydrogen-bond donors (Lipinski definition) is 1. The standard InChI is InChI=1S/C18H20N2O3.C13H13ClIN.C2H6/c1-22-18(21)17-16(23-13-14-7-3-2-4-8-14)11-10-15(20-17)9-5-6-12-19;14-9-6-7-13-11(8-9)15-10-4-2-1-3-5-12(10)16-13;1-2/h3,7-8,10-11H,2,4,6,12-13,19H2,1H3;6-8H,1-5H2;1-2H3. The maximum absolute atomic E-state index is 11.9. The van der Waals surface area contributed by atoms with Crippen LogP contribution in [0.4, 0.5) is 5.69 Å². The Bertz CT molecular complexity index is 1390. The highest BCUT2D eigenvalue weighted by Gasteiger charge is 2.18. The fourth-order valence-electron chi connectivity index (χ4n) is 4.20. The quantitative estimate of drug-likeness (QED) is 0.196. The monoisotopic (exact) mass is 687 g/mol. The van der Waals surface area contributed by atoms with Crippen LogP contribution in [0.2, 0.25) is 5.02 Å². The number of fused-ring (bicyclic) bond motifs is 2. The largest absolute Gasteiger partial charge is 0.486 e. The van der Waals surface area contributed by atoms with Crippen LogP contribution in [0, 0.1) is 15.4 Å². The molecule has 0 spiro atoms. The van der Waals surface area contributed by atoms with Gasteiger partial charge in [-0.25, -0.2) is 9.78 Å². The van der Waals surface area contributed by atoms with Crippen LogP contribution < -0.4 is 10.5 Å². The summed E-state index contributed by atoms with van der Waals surface area (Å²) in [5.41, 5.74) is 9.68. The molecule has 0 radical (unpaired) electrons. The number of hydrogen-bond acceptors (Lipinski definition) is 6. The van der Waals surface area contributed by atoms with Gasteiger partial charge in [0.15, 0.2) is 11.4 Å². The van der Waals surface area contributed by atoms with Crippen molar-refractivity contribution in [1.29, 1.82) is 0 Å². The molecule has 1 aromatic carbocycles. The molecular weight excluding hydrogens is 649 g/mol. The zero-order valence-electron chi connectivity index (χ0n) is 24.1. The average Bonchev–Trinajstić information content (AvgIpc) is 3.25. The number of aromatic nitrogens is 1. The van der Waals surface area contributed by atoms with E-state index < -0.39 is 5.97 Å². The van der Waals surface area contributed by atoms with Gasteiger partial charge in [-0.05, 0) is 80.4 Å². The van der Waals surface area contributed by atoms with Crippen molar-refractivity contribution in [3.05, 3.63) is 74.1 Å². The highest BCUT2D eigenvalue weighted by atomic mass is 127. The van der Waals surface area contributed by atoms with Gasteiger partial charge in [0.25, 0.3) is 0 Å². The molecule has 0 atom stereocenters. The molecule has 41 heavy (non-hydrogen) atoms. The van der Waals surface area contributed by atoms with Crippen LogP contribution in [0.5, 0.6) is 5.75 Å². The van der Waals surface area contributed by atoms with Crippen molar-refractivity contribution in [3.8, 4) is 17.6 Å². The molecule has 2 aliphatic carbocycles. The summed E-state index contributed by atoms with van der Waals surface area (Å²) in [7, 11) is 1.31. The number of pyridine rings is 1. The second kappa shape index (κ2) is 17.9. The minimum absolute atomic E-state index is 0.000757. The molecule has 1 saturated carbocycles. The molecule has 1 aliphatic heterocycles. The highest BCUT2D eigenvalue weighted by Crippen LogP contribution is 2.35. The number of halogens is 2. The number of nitrogens with two attached hydrogens (primary N) is 1. The van der Waals surface area contributed by atoms with E-state index in [4.69, 9.17) is 31.8 Å². The molecule has 2 N–H and O–H groups in total. The molecular formula is C33H39ClIN3O3. The van der Waals surface area contributed by atoms with Crippen LogP contribution in [-0.2, 0) is 4.74 Å². The predicted molar refractivity (Wildman–Crippen MR) is 179 cm³/mol. The maximum atomic E-state index is 11.9. The van der Waals surface area contributed by atoms with Crippen molar-refractivity contribution in [1.82, 2.24) is 4.98 Å². The lowest BCUT2D eigenvalue weighted by atomic mass is 10.1. The van der Waals surface area contributed by atoms with Gasteiger partial charge in [0.2, 0.25) is 0 Å². The molecule has 6 nitrogen and oxygen atoms in total. The Kier molecular flexibility index (Phi) is 14.3. The molecule has 1 fully saturated rings. The van der Waals surface area contributed by atoms with Crippen LogP contribution in [-0.4, -0.2) is 40.4 Å². The normalized spacial score (nSPS) is 15.0. The van der Waals surface area contributed by atoms with E-state index >= 15 is 0 Å². The smallest absolute Gasteiger partial charge is 0.360 e. The molecule has 0 unspecified atom stereocenters. The molecule has 218 valence electrons. The highest BCUT2D eigenvalue weighted by molar-refractivity contribution is 14.2. The van der Waals surface area contributed by atoms with Gasteiger partial charge >= 0.3 is 5.97 Å². The first kappa shape index (κ1) is 32.7. The van der Waals surface area contributed by atoms with Gasteiger partial charge in [-0.3, -0.25) is 4.99 Å². The summed E-state index contributed by atoms with van der Waals surface area (Å²) in [6.45, 7) is 4.88. The third-order valence-corrected chi connectivity index (χ3v) is 9.69. The van der Waals surface area contributed by atoms with E-state index in [2.05, 4.69) is 41.1 Å². The predicted octanol–water partition coefficient (Wildman–Crippen LogP) is 7.95. The summed E-state index contributed by atoms with van der Waals surface area (Å²) in [6.07, 6.45) is 15.4. The molecule has 2 aromatic rings. The van der Waals surface area contributed by atoms with Crippen LogP contribution in [0.3, 0.4) is 0 Å². The molecule has 0 amide bonds. The van der Waals surface area contributed by atoms with Crippen LogP contribution in [0.1, 0.15) is 81.4 Å². The lowest BCUT2D eigenvalue weighted by molar-refractivity contribution is 0.0589. The van der Waals surface area contributed by atoms with Crippen LogP contribution in [0.25, 0.3) is 0 Å². The first-order valence-electron chi connectivity index (χ1n) is 14.2. The lowest BCUT2D eigenvalue weighted by Gasteiger charge is -2.14. The number of benzene rings is 1. The van der Waals surface area contributed by atoms with Crippen molar-refractivity contribution < 1.29 is 14.3 Å². The van der Waals surface area contributed by atoms with Crippen molar-refractivity contribution in [3.63, 3.8) is 0 Å². The Hall–Kier alpha value is -2.80. The van der Waals surface area contributed by atoms with E-state index in [0.717, 1.165) is 23.4 Å². The summed E-state index contributed by atoms with van der Waals surface area (Å²) in [5.74, 6) is 5.60. The number of aliphatic imine (C=N–C) groups is 1. The topological polar surface area (TPSA) is 86.8 Å². The Morgan fingerprint density at radius 1 is 1.12 bits per heavy atom. The van der Waals surface area contributed by atoms with Crippen molar-refractivity contribution >= 4 is 53.2 Å². The third kappa shape index (κ3) is 10.2. The van der Waals surface area contributed by atoms with E-state index in [9.17, 15) is 4.79 Å². The Morgan fingerprint density at radius 2 is 1.95 bits per heavy atom. The van der Waals surface area contributed by atoms with Gasteiger partial charge in [0, 0.05) is 30.8 Å². The molecule has 0 saturated heterocycles. The number of carbonyl (C=O) groups is 1. The summed E-state index contributed by atoms with van der Waals surface area (Å²) in [4.78, 5) is 21.0. The summed E-state index contributed by atoms with van der Waals surface area (Å²) < 4.78 is 13.6. The van der Waals surface area contributed by atoms with E-state index in [1.807, 2.05) is 26.0 Å². The molecule has 5 rings (SSSR count). The zero-order valence-corrected chi connectivity index (χ0v) is 27.1. The van der Waals surface area contributed by atoms with E-state index in [-0.39, 0.29) is 26.4 Å². The van der Waals surface area contributed by atoms with Gasteiger partial charge in [-0.1, -0.05) is 76.7 Å². The number of rotatable bonds is 5. The maximum Gasteiger partial charge on any atom is 0.360 e.